The van der Waals surface area contributed by atoms with Gasteiger partial charge in [0.2, 0.25) is 0 Å². The van der Waals surface area contributed by atoms with E-state index in [9.17, 15) is 14.7 Å². The van der Waals surface area contributed by atoms with E-state index < -0.39 is 17.7 Å². The van der Waals surface area contributed by atoms with E-state index in [1.54, 1.807) is 60.7 Å². The molecule has 1 amide bonds. The molecule has 0 radical (unpaired) electrons. The molecule has 1 aliphatic heterocycles. The van der Waals surface area contributed by atoms with Crippen LogP contribution in [0.5, 0.6) is 5.75 Å². The first-order valence-electron chi connectivity index (χ1n) is 9.18. The summed E-state index contributed by atoms with van der Waals surface area (Å²) in [4.78, 5) is 27.5. The van der Waals surface area contributed by atoms with E-state index in [4.69, 9.17) is 4.74 Å². The molecule has 1 heterocycles. The molecule has 1 N–H and O–H groups in total. The lowest BCUT2D eigenvalue weighted by atomic mass is 9.94. The quantitative estimate of drug-likeness (QED) is 0.413. The highest BCUT2D eigenvalue weighted by Gasteiger charge is 2.47. The molecule has 1 atom stereocenters. The van der Waals surface area contributed by atoms with Crippen LogP contribution >= 0.6 is 0 Å². The van der Waals surface area contributed by atoms with Gasteiger partial charge in [-0.15, -0.1) is 0 Å². The molecule has 0 aromatic heterocycles. The number of hydrogen-bond acceptors (Lipinski definition) is 4. The van der Waals surface area contributed by atoms with Gasteiger partial charge in [0.25, 0.3) is 11.7 Å². The molecule has 0 aliphatic carbocycles. The monoisotopic (exact) mass is 385 g/mol. The Hall–Kier alpha value is -3.86. The minimum absolute atomic E-state index is 0.0366. The van der Waals surface area contributed by atoms with E-state index in [0.29, 0.717) is 22.6 Å². The number of ether oxygens (including phenoxy) is 1. The van der Waals surface area contributed by atoms with Crippen LogP contribution in [0.4, 0.5) is 5.69 Å². The molecule has 144 valence electrons. The normalized spacial score (nSPS) is 18.1. The SMILES string of the molecule is COc1ccccc1C1C(=C(O)c2ccccc2)C(=O)C(=O)N1c1ccccc1. The Kier molecular flexibility index (Phi) is 4.87. The van der Waals surface area contributed by atoms with E-state index in [1.165, 1.54) is 12.0 Å². The van der Waals surface area contributed by atoms with E-state index >= 15 is 0 Å². The summed E-state index contributed by atoms with van der Waals surface area (Å²) in [6, 6.07) is 24.1. The smallest absolute Gasteiger partial charge is 0.300 e. The van der Waals surface area contributed by atoms with Crippen LogP contribution in [0.1, 0.15) is 17.2 Å². The van der Waals surface area contributed by atoms with Crippen LogP contribution in [-0.2, 0) is 9.59 Å². The molecule has 3 aromatic carbocycles. The van der Waals surface area contributed by atoms with Crippen molar-refractivity contribution in [3.8, 4) is 5.75 Å². The number of hydrogen-bond donors (Lipinski definition) is 1. The van der Waals surface area contributed by atoms with Gasteiger partial charge in [-0.2, -0.15) is 0 Å². The average Bonchev–Trinajstić information content (AvgIpc) is 3.05. The largest absolute Gasteiger partial charge is 0.507 e. The van der Waals surface area contributed by atoms with Gasteiger partial charge in [0.15, 0.2) is 0 Å². The topological polar surface area (TPSA) is 66.8 Å². The van der Waals surface area contributed by atoms with Gasteiger partial charge < -0.3 is 9.84 Å². The van der Waals surface area contributed by atoms with Gasteiger partial charge >= 0.3 is 0 Å². The number of methoxy groups -OCH3 is 1. The third-order valence-corrected chi connectivity index (χ3v) is 4.96. The molecule has 1 unspecified atom stereocenters. The molecule has 3 aromatic rings. The van der Waals surface area contributed by atoms with Crippen molar-refractivity contribution in [1.29, 1.82) is 0 Å². The number of benzene rings is 3. The molecule has 0 bridgehead atoms. The number of ketones is 1. The number of rotatable bonds is 4. The highest BCUT2D eigenvalue weighted by atomic mass is 16.5. The molecular weight excluding hydrogens is 366 g/mol. The minimum atomic E-state index is -0.811. The van der Waals surface area contributed by atoms with Crippen molar-refractivity contribution >= 4 is 23.1 Å². The van der Waals surface area contributed by atoms with Gasteiger partial charge in [-0.3, -0.25) is 14.5 Å². The van der Waals surface area contributed by atoms with Crippen molar-refractivity contribution in [3.63, 3.8) is 0 Å². The second-order valence-electron chi connectivity index (χ2n) is 6.61. The summed E-state index contributed by atoms with van der Waals surface area (Å²) in [6.07, 6.45) is 0. The lowest BCUT2D eigenvalue weighted by Gasteiger charge is -2.26. The third kappa shape index (κ3) is 3.17. The summed E-state index contributed by atoms with van der Waals surface area (Å²) in [5, 5.41) is 11.0. The number of para-hydroxylation sites is 2. The van der Waals surface area contributed by atoms with Crippen molar-refractivity contribution in [2.75, 3.05) is 12.0 Å². The molecule has 1 fully saturated rings. The second kappa shape index (κ2) is 7.64. The van der Waals surface area contributed by atoms with Gasteiger partial charge in [0.05, 0.1) is 18.7 Å². The van der Waals surface area contributed by atoms with Gasteiger partial charge in [0.1, 0.15) is 11.5 Å². The molecule has 0 saturated carbocycles. The first-order chi connectivity index (χ1) is 14.1. The number of amides is 1. The number of anilines is 1. The molecule has 0 spiro atoms. The van der Waals surface area contributed by atoms with Crippen LogP contribution in [0.15, 0.2) is 90.5 Å². The van der Waals surface area contributed by atoms with E-state index in [-0.39, 0.29) is 11.3 Å². The average molecular weight is 385 g/mol. The first-order valence-corrected chi connectivity index (χ1v) is 9.18. The van der Waals surface area contributed by atoms with Crippen LogP contribution in [0.2, 0.25) is 0 Å². The van der Waals surface area contributed by atoms with E-state index in [1.807, 2.05) is 24.3 Å². The molecule has 4 rings (SSSR count). The Labute approximate surface area is 168 Å². The summed E-state index contributed by atoms with van der Waals surface area (Å²) in [5.74, 6) is -1.10. The standard InChI is InChI=1S/C24H19NO4/c1-29-19-15-9-8-14-18(19)21-20(22(26)16-10-4-2-5-11-16)23(27)24(28)25(21)17-12-6-3-7-13-17/h2-15,21,26H,1H3. The van der Waals surface area contributed by atoms with E-state index in [0.717, 1.165) is 0 Å². The van der Waals surface area contributed by atoms with Crippen LogP contribution in [0.3, 0.4) is 0 Å². The fourth-order valence-electron chi connectivity index (χ4n) is 3.63. The number of carbonyl (C=O) groups is 2. The van der Waals surface area contributed by atoms with Crippen molar-refractivity contribution < 1.29 is 19.4 Å². The number of Topliss-reactive ketones (excluding diaryl/α,β-unsaturated/α-hetero) is 1. The van der Waals surface area contributed by atoms with Gasteiger partial charge in [-0.05, 0) is 18.2 Å². The van der Waals surface area contributed by atoms with Crippen LogP contribution < -0.4 is 9.64 Å². The van der Waals surface area contributed by atoms with Crippen molar-refractivity contribution in [3.05, 3.63) is 102 Å². The highest BCUT2D eigenvalue weighted by molar-refractivity contribution is 6.51. The zero-order valence-corrected chi connectivity index (χ0v) is 15.8. The Morgan fingerprint density at radius 1 is 0.862 bits per heavy atom. The lowest BCUT2D eigenvalue weighted by Crippen LogP contribution is -2.29. The predicted octanol–water partition coefficient (Wildman–Crippen LogP) is 4.32. The number of aliphatic hydroxyl groups is 1. The maximum atomic E-state index is 13.0. The van der Waals surface area contributed by atoms with Gasteiger partial charge in [-0.1, -0.05) is 66.7 Å². The summed E-state index contributed by atoms with van der Waals surface area (Å²) >= 11 is 0. The minimum Gasteiger partial charge on any atom is -0.507 e. The highest BCUT2D eigenvalue weighted by Crippen LogP contribution is 2.44. The molecular formula is C24H19NO4. The summed E-state index contributed by atoms with van der Waals surface area (Å²) in [5.41, 5.74) is 1.70. The maximum Gasteiger partial charge on any atom is 0.300 e. The number of nitrogens with zero attached hydrogens (tertiary/aromatic N) is 1. The van der Waals surface area contributed by atoms with E-state index in [2.05, 4.69) is 0 Å². The Balaban J connectivity index is 1.99. The molecule has 1 saturated heterocycles. The maximum absolute atomic E-state index is 13.0. The second-order valence-corrected chi connectivity index (χ2v) is 6.61. The van der Waals surface area contributed by atoms with Crippen LogP contribution in [0.25, 0.3) is 5.76 Å². The third-order valence-electron chi connectivity index (χ3n) is 4.96. The van der Waals surface area contributed by atoms with Crippen molar-refractivity contribution in [2.24, 2.45) is 0 Å². The van der Waals surface area contributed by atoms with Crippen LogP contribution in [-0.4, -0.2) is 23.9 Å². The first kappa shape index (κ1) is 18.5. The predicted molar refractivity (Wildman–Crippen MR) is 111 cm³/mol. The molecule has 1 aliphatic rings. The summed E-state index contributed by atoms with van der Waals surface area (Å²) < 4.78 is 5.49. The van der Waals surface area contributed by atoms with Crippen molar-refractivity contribution in [1.82, 2.24) is 0 Å². The van der Waals surface area contributed by atoms with Crippen molar-refractivity contribution in [2.45, 2.75) is 6.04 Å². The Morgan fingerprint density at radius 2 is 1.45 bits per heavy atom. The summed E-state index contributed by atoms with van der Waals surface area (Å²) in [7, 11) is 1.53. The number of carbonyl (C=O) groups excluding carboxylic acids is 2. The van der Waals surface area contributed by atoms with Gasteiger partial charge in [0, 0.05) is 16.8 Å². The lowest BCUT2D eigenvalue weighted by molar-refractivity contribution is -0.132. The Morgan fingerprint density at radius 3 is 2.10 bits per heavy atom. The van der Waals surface area contributed by atoms with Crippen LogP contribution in [0, 0.1) is 0 Å². The number of aliphatic hydroxyl groups excluding tert-OH is 1. The fourth-order valence-corrected chi connectivity index (χ4v) is 3.63. The molecule has 5 nitrogen and oxygen atoms in total. The fraction of sp³-hybridized carbons (Fsp3) is 0.0833. The molecule has 29 heavy (non-hydrogen) atoms. The zero-order chi connectivity index (χ0) is 20.4. The zero-order valence-electron chi connectivity index (χ0n) is 15.8. The molecule has 5 heteroatoms. The van der Waals surface area contributed by atoms with Gasteiger partial charge in [-0.25, -0.2) is 0 Å². The Bertz CT molecular complexity index is 1090. The summed E-state index contributed by atoms with van der Waals surface area (Å²) in [6.45, 7) is 0.